The SMILES string of the molecule is COCC(C)C1CCC(C)CC1O. The average molecular weight is 186 g/mol. The summed E-state index contributed by atoms with van der Waals surface area (Å²) in [5, 5.41) is 9.88. The molecule has 0 saturated heterocycles. The topological polar surface area (TPSA) is 29.5 Å². The normalized spacial score (nSPS) is 37.4. The number of rotatable bonds is 3. The number of methoxy groups -OCH3 is 1. The Bertz CT molecular complexity index is 143. The first-order valence-electron chi connectivity index (χ1n) is 5.32. The fourth-order valence-corrected chi connectivity index (χ4v) is 2.42. The largest absolute Gasteiger partial charge is 0.393 e. The highest BCUT2D eigenvalue weighted by molar-refractivity contribution is 4.81. The molecule has 0 aliphatic heterocycles. The van der Waals surface area contributed by atoms with Crippen molar-refractivity contribution in [3.05, 3.63) is 0 Å². The molecule has 78 valence electrons. The first-order valence-corrected chi connectivity index (χ1v) is 5.32. The van der Waals surface area contributed by atoms with Gasteiger partial charge in [-0.1, -0.05) is 20.3 Å². The Hall–Kier alpha value is -0.0800. The van der Waals surface area contributed by atoms with Crippen LogP contribution in [0.15, 0.2) is 0 Å². The van der Waals surface area contributed by atoms with Gasteiger partial charge in [0.25, 0.3) is 0 Å². The zero-order chi connectivity index (χ0) is 9.84. The zero-order valence-electron chi connectivity index (χ0n) is 8.99. The quantitative estimate of drug-likeness (QED) is 0.731. The Kier molecular flexibility index (Phi) is 4.20. The third-order valence-electron chi connectivity index (χ3n) is 3.29. The van der Waals surface area contributed by atoms with Crippen LogP contribution in [0.3, 0.4) is 0 Å². The van der Waals surface area contributed by atoms with E-state index in [1.165, 1.54) is 6.42 Å². The summed E-state index contributed by atoms with van der Waals surface area (Å²) in [5.74, 6) is 1.64. The molecule has 4 atom stereocenters. The molecule has 1 rings (SSSR count). The van der Waals surface area contributed by atoms with Crippen LogP contribution in [-0.2, 0) is 4.74 Å². The Morgan fingerprint density at radius 2 is 2.15 bits per heavy atom. The predicted octanol–water partition coefficient (Wildman–Crippen LogP) is 2.07. The third-order valence-corrected chi connectivity index (χ3v) is 3.29. The van der Waals surface area contributed by atoms with Crippen molar-refractivity contribution in [3.63, 3.8) is 0 Å². The molecule has 2 heteroatoms. The minimum absolute atomic E-state index is 0.103. The van der Waals surface area contributed by atoms with Crippen LogP contribution >= 0.6 is 0 Å². The summed E-state index contributed by atoms with van der Waals surface area (Å²) in [5.41, 5.74) is 0. The molecule has 1 aliphatic carbocycles. The van der Waals surface area contributed by atoms with Gasteiger partial charge in [0.1, 0.15) is 0 Å². The molecule has 0 radical (unpaired) electrons. The van der Waals surface area contributed by atoms with E-state index in [9.17, 15) is 5.11 Å². The molecule has 1 aliphatic rings. The van der Waals surface area contributed by atoms with Crippen LogP contribution in [0.4, 0.5) is 0 Å². The van der Waals surface area contributed by atoms with E-state index < -0.39 is 0 Å². The van der Waals surface area contributed by atoms with Crippen molar-refractivity contribution in [2.75, 3.05) is 13.7 Å². The minimum Gasteiger partial charge on any atom is -0.393 e. The molecule has 0 amide bonds. The van der Waals surface area contributed by atoms with Crippen LogP contribution in [0.1, 0.15) is 33.1 Å². The lowest BCUT2D eigenvalue weighted by molar-refractivity contribution is 0.00112. The molecule has 0 spiro atoms. The molecule has 0 aromatic rings. The molecule has 4 unspecified atom stereocenters. The van der Waals surface area contributed by atoms with Crippen LogP contribution < -0.4 is 0 Å². The van der Waals surface area contributed by atoms with Gasteiger partial charge < -0.3 is 9.84 Å². The van der Waals surface area contributed by atoms with Crippen molar-refractivity contribution < 1.29 is 9.84 Å². The molecule has 0 aromatic carbocycles. The molecule has 13 heavy (non-hydrogen) atoms. The van der Waals surface area contributed by atoms with E-state index >= 15 is 0 Å². The summed E-state index contributed by atoms with van der Waals surface area (Å²) in [6.45, 7) is 5.17. The Balaban J connectivity index is 2.40. The second-order valence-electron chi connectivity index (χ2n) is 4.58. The first kappa shape index (κ1) is 11.0. The number of hydrogen-bond acceptors (Lipinski definition) is 2. The van der Waals surface area contributed by atoms with E-state index in [-0.39, 0.29) is 6.10 Å². The van der Waals surface area contributed by atoms with Crippen LogP contribution in [0, 0.1) is 17.8 Å². The van der Waals surface area contributed by atoms with Crippen molar-refractivity contribution >= 4 is 0 Å². The second-order valence-corrected chi connectivity index (χ2v) is 4.58. The summed E-state index contributed by atoms with van der Waals surface area (Å²) < 4.78 is 5.12. The van der Waals surface area contributed by atoms with Crippen LogP contribution in [-0.4, -0.2) is 24.9 Å². The molecule has 2 nitrogen and oxygen atoms in total. The van der Waals surface area contributed by atoms with Crippen molar-refractivity contribution in [2.24, 2.45) is 17.8 Å². The van der Waals surface area contributed by atoms with Gasteiger partial charge in [-0.25, -0.2) is 0 Å². The van der Waals surface area contributed by atoms with Crippen LogP contribution in [0.5, 0.6) is 0 Å². The Morgan fingerprint density at radius 3 is 2.69 bits per heavy atom. The van der Waals surface area contributed by atoms with Gasteiger partial charge in [-0.3, -0.25) is 0 Å². The summed E-state index contributed by atoms with van der Waals surface area (Å²) in [4.78, 5) is 0. The number of aliphatic hydroxyl groups excluding tert-OH is 1. The standard InChI is InChI=1S/C11H22O2/c1-8-4-5-10(11(12)6-8)9(2)7-13-3/h8-12H,4-7H2,1-3H3. The summed E-state index contributed by atoms with van der Waals surface area (Å²) >= 11 is 0. The fourth-order valence-electron chi connectivity index (χ4n) is 2.42. The van der Waals surface area contributed by atoms with Gasteiger partial charge in [0.15, 0.2) is 0 Å². The van der Waals surface area contributed by atoms with E-state index in [4.69, 9.17) is 4.74 Å². The van der Waals surface area contributed by atoms with E-state index in [1.54, 1.807) is 7.11 Å². The highest BCUT2D eigenvalue weighted by Gasteiger charge is 2.30. The average Bonchev–Trinajstić information content (AvgIpc) is 2.04. The van der Waals surface area contributed by atoms with E-state index in [1.807, 2.05) is 0 Å². The second kappa shape index (κ2) is 4.97. The van der Waals surface area contributed by atoms with Gasteiger partial charge in [0.05, 0.1) is 6.10 Å². The van der Waals surface area contributed by atoms with Gasteiger partial charge in [-0.05, 0) is 30.6 Å². The van der Waals surface area contributed by atoms with Gasteiger partial charge in [0, 0.05) is 13.7 Å². The Labute approximate surface area is 81.3 Å². The zero-order valence-corrected chi connectivity index (χ0v) is 8.99. The lowest BCUT2D eigenvalue weighted by atomic mass is 9.75. The molecular formula is C11H22O2. The molecule has 1 N–H and O–H groups in total. The number of hydrogen-bond donors (Lipinski definition) is 1. The maximum Gasteiger partial charge on any atom is 0.0574 e. The van der Waals surface area contributed by atoms with Crippen molar-refractivity contribution in [2.45, 2.75) is 39.2 Å². The monoisotopic (exact) mass is 186 g/mol. The highest BCUT2D eigenvalue weighted by atomic mass is 16.5. The maximum absolute atomic E-state index is 9.88. The van der Waals surface area contributed by atoms with Gasteiger partial charge in [-0.2, -0.15) is 0 Å². The van der Waals surface area contributed by atoms with Gasteiger partial charge >= 0.3 is 0 Å². The number of ether oxygens (including phenoxy) is 1. The summed E-state index contributed by atoms with van der Waals surface area (Å²) in [7, 11) is 1.73. The predicted molar refractivity (Wildman–Crippen MR) is 53.6 cm³/mol. The maximum atomic E-state index is 9.88. The molecule has 0 heterocycles. The highest BCUT2D eigenvalue weighted by Crippen LogP contribution is 2.33. The van der Waals surface area contributed by atoms with E-state index in [0.717, 1.165) is 19.4 Å². The summed E-state index contributed by atoms with van der Waals surface area (Å²) in [6, 6.07) is 0. The molecular weight excluding hydrogens is 164 g/mol. The Morgan fingerprint density at radius 1 is 1.46 bits per heavy atom. The van der Waals surface area contributed by atoms with Crippen molar-refractivity contribution in [1.29, 1.82) is 0 Å². The van der Waals surface area contributed by atoms with E-state index in [0.29, 0.717) is 17.8 Å². The first-order chi connectivity index (χ1) is 6.15. The lowest BCUT2D eigenvalue weighted by Crippen LogP contribution is -2.34. The molecule has 0 aromatic heterocycles. The van der Waals surface area contributed by atoms with Crippen LogP contribution in [0.2, 0.25) is 0 Å². The summed E-state index contributed by atoms with van der Waals surface area (Å²) in [6.07, 6.45) is 3.29. The van der Waals surface area contributed by atoms with Gasteiger partial charge in [-0.15, -0.1) is 0 Å². The third kappa shape index (κ3) is 2.96. The number of aliphatic hydroxyl groups is 1. The molecule has 1 saturated carbocycles. The molecule has 0 bridgehead atoms. The van der Waals surface area contributed by atoms with Gasteiger partial charge in [0.2, 0.25) is 0 Å². The lowest BCUT2D eigenvalue weighted by Gasteiger charge is -2.35. The minimum atomic E-state index is -0.103. The van der Waals surface area contributed by atoms with Crippen molar-refractivity contribution in [3.8, 4) is 0 Å². The fraction of sp³-hybridized carbons (Fsp3) is 1.00. The van der Waals surface area contributed by atoms with Crippen LogP contribution in [0.25, 0.3) is 0 Å². The smallest absolute Gasteiger partial charge is 0.0574 e. The van der Waals surface area contributed by atoms with E-state index in [2.05, 4.69) is 13.8 Å². The molecule has 1 fully saturated rings. The van der Waals surface area contributed by atoms with Crippen molar-refractivity contribution in [1.82, 2.24) is 0 Å².